The van der Waals surface area contributed by atoms with E-state index in [4.69, 9.17) is 0 Å². The van der Waals surface area contributed by atoms with Crippen LogP contribution in [0.1, 0.15) is 25.3 Å². The van der Waals surface area contributed by atoms with Crippen LogP contribution in [0.5, 0.6) is 0 Å². The first-order valence-electron chi connectivity index (χ1n) is 4.55. The van der Waals surface area contributed by atoms with Gasteiger partial charge in [-0.3, -0.25) is 4.98 Å². The van der Waals surface area contributed by atoms with E-state index in [1.54, 1.807) is 0 Å². The van der Waals surface area contributed by atoms with Crippen molar-refractivity contribution in [3.8, 4) is 0 Å². The third kappa shape index (κ3) is 2.73. The van der Waals surface area contributed by atoms with Gasteiger partial charge < -0.3 is 0 Å². The van der Waals surface area contributed by atoms with Gasteiger partial charge in [-0.25, -0.2) is 10.0 Å². The Labute approximate surface area is 82.9 Å². The highest BCUT2D eigenvalue weighted by atomic mass is 32.3. The second-order valence-corrected chi connectivity index (χ2v) is 8.51. The van der Waals surface area contributed by atoms with Crippen LogP contribution in [0.4, 0.5) is 0 Å². The first kappa shape index (κ1) is 10.6. The molecule has 74 valence electrons. The second-order valence-electron chi connectivity index (χ2n) is 4.42. The second kappa shape index (κ2) is 3.70. The number of hydrogen-bond acceptors (Lipinski definition) is 1. The predicted molar refractivity (Wildman–Crippen MR) is 62.0 cm³/mol. The molecule has 0 saturated carbocycles. The molecule has 0 aliphatic rings. The number of pyridine rings is 1. The van der Waals surface area contributed by atoms with Gasteiger partial charge in [-0.2, -0.15) is 0 Å². The summed E-state index contributed by atoms with van der Waals surface area (Å²) in [5, 5.41) is 1.26. The summed E-state index contributed by atoms with van der Waals surface area (Å²) >= 11 is 0. The van der Waals surface area contributed by atoms with Crippen LogP contribution in [0.3, 0.4) is 0 Å². The molecule has 1 heterocycles. The number of aromatic nitrogens is 1. The Morgan fingerprint density at radius 1 is 1.23 bits per heavy atom. The molecule has 0 saturated heterocycles. The molecule has 0 aromatic carbocycles. The van der Waals surface area contributed by atoms with Gasteiger partial charge in [-0.1, -0.05) is 13.8 Å². The maximum Gasteiger partial charge on any atom is 0.0786 e. The third-order valence-corrected chi connectivity index (χ3v) is 3.53. The van der Waals surface area contributed by atoms with E-state index < -0.39 is 10.0 Å². The molecular weight excluding hydrogens is 178 g/mol. The average molecular weight is 197 g/mol. The molecule has 1 nitrogen and oxygen atoms in total. The number of rotatable bonds is 2. The molecule has 0 fully saturated rings. The minimum absolute atomic E-state index is 0.600. The van der Waals surface area contributed by atoms with E-state index in [-0.39, 0.29) is 0 Å². The van der Waals surface area contributed by atoms with Gasteiger partial charge >= 0.3 is 0 Å². The zero-order valence-electron chi connectivity index (χ0n) is 9.16. The highest BCUT2D eigenvalue weighted by molar-refractivity contribution is 8.32. The van der Waals surface area contributed by atoms with E-state index in [1.807, 2.05) is 6.20 Å². The van der Waals surface area contributed by atoms with Crippen molar-refractivity contribution in [2.24, 2.45) is 0 Å². The van der Waals surface area contributed by atoms with Gasteiger partial charge in [-0.15, -0.1) is 0 Å². The summed E-state index contributed by atoms with van der Waals surface area (Å²) in [6.07, 6.45) is 8.77. The lowest BCUT2D eigenvalue weighted by atomic mass is 10.1. The fraction of sp³-hybridized carbons (Fsp3) is 0.545. The first-order chi connectivity index (χ1) is 5.91. The molecule has 1 aromatic rings. The molecule has 0 unspecified atom stereocenters. The maximum absolute atomic E-state index is 4.43. The number of hydrogen-bond donors (Lipinski definition) is 0. The summed E-state index contributed by atoms with van der Waals surface area (Å²) < 4.78 is 0. The van der Waals surface area contributed by atoms with Gasteiger partial charge in [0.1, 0.15) is 0 Å². The van der Waals surface area contributed by atoms with E-state index in [1.165, 1.54) is 10.6 Å². The Balaban J connectivity index is 3.06. The van der Waals surface area contributed by atoms with Gasteiger partial charge in [0.05, 0.1) is 5.03 Å². The van der Waals surface area contributed by atoms with Gasteiger partial charge in [-0.05, 0) is 42.4 Å². The molecular formula is C11H19NS. The molecule has 1 aromatic heterocycles. The Bertz CT molecular complexity index is 286. The third-order valence-electron chi connectivity index (χ3n) is 2.05. The normalized spacial score (nSPS) is 13.4. The van der Waals surface area contributed by atoms with E-state index in [0.717, 1.165) is 0 Å². The Hall–Kier alpha value is -0.500. The van der Waals surface area contributed by atoms with Crippen LogP contribution in [0.15, 0.2) is 23.4 Å². The molecule has 1 rings (SSSR count). The van der Waals surface area contributed by atoms with E-state index in [9.17, 15) is 0 Å². The molecule has 0 radical (unpaired) electrons. The SMILES string of the molecule is CC(C)c1ccnc(S(C)(C)C)c1. The van der Waals surface area contributed by atoms with Crippen molar-refractivity contribution < 1.29 is 0 Å². The van der Waals surface area contributed by atoms with Gasteiger partial charge in [0.2, 0.25) is 0 Å². The van der Waals surface area contributed by atoms with Crippen molar-refractivity contribution in [3.05, 3.63) is 23.9 Å². The van der Waals surface area contributed by atoms with E-state index in [2.05, 4.69) is 49.7 Å². The van der Waals surface area contributed by atoms with Crippen molar-refractivity contribution in [1.29, 1.82) is 0 Å². The largest absolute Gasteiger partial charge is 0.252 e. The zero-order chi connectivity index (χ0) is 10.1. The quantitative estimate of drug-likeness (QED) is 0.709. The summed E-state index contributed by atoms with van der Waals surface area (Å²) in [7, 11) is -0.670. The average Bonchev–Trinajstić information content (AvgIpc) is 2.03. The molecule has 2 heteroatoms. The van der Waals surface area contributed by atoms with Crippen LogP contribution in [-0.2, 0) is 0 Å². The fourth-order valence-electron chi connectivity index (χ4n) is 1.12. The lowest BCUT2D eigenvalue weighted by Crippen LogP contribution is -1.98. The van der Waals surface area contributed by atoms with Crippen LogP contribution in [0.2, 0.25) is 0 Å². The Kier molecular flexibility index (Phi) is 3.01. The summed E-state index contributed by atoms with van der Waals surface area (Å²) in [4.78, 5) is 4.43. The molecule has 0 aliphatic carbocycles. The van der Waals surface area contributed by atoms with Gasteiger partial charge in [0.15, 0.2) is 0 Å². The summed E-state index contributed by atoms with van der Waals surface area (Å²) in [6, 6.07) is 4.36. The summed E-state index contributed by atoms with van der Waals surface area (Å²) in [6.45, 7) is 4.44. The fourth-order valence-corrected chi connectivity index (χ4v) is 1.99. The van der Waals surface area contributed by atoms with Crippen LogP contribution < -0.4 is 0 Å². The number of nitrogens with zero attached hydrogens (tertiary/aromatic N) is 1. The monoisotopic (exact) mass is 197 g/mol. The Morgan fingerprint density at radius 3 is 2.31 bits per heavy atom. The van der Waals surface area contributed by atoms with Crippen LogP contribution >= 0.6 is 10.0 Å². The maximum atomic E-state index is 4.43. The van der Waals surface area contributed by atoms with Gasteiger partial charge in [0, 0.05) is 6.20 Å². The minimum Gasteiger partial charge on any atom is -0.252 e. The molecule has 0 atom stereocenters. The molecule has 13 heavy (non-hydrogen) atoms. The van der Waals surface area contributed by atoms with Crippen molar-refractivity contribution in [3.63, 3.8) is 0 Å². The summed E-state index contributed by atoms with van der Waals surface area (Å²) in [5.74, 6) is 0.600. The topological polar surface area (TPSA) is 12.9 Å². The predicted octanol–water partition coefficient (Wildman–Crippen LogP) is 3.26. The lowest BCUT2D eigenvalue weighted by Gasteiger charge is -2.25. The van der Waals surface area contributed by atoms with Crippen LogP contribution in [-0.4, -0.2) is 23.8 Å². The molecule has 0 aliphatic heterocycles. The van der Waals surface area contributed by atoms with Crippen molar-refractivity contribution >= 4 is 10.0 Å². The van der Waals surface area contributed by atoms with E-state index >= 15 is 0 Å². The molecule has 0 bridgehead atoms. The van der Waals surface area contributed by atoms with Gasteiger partial charge in [0.25, 0.3) is 0 Å². The van der Waals surface area contributed by atoms with Crippen LogP contribution in [0, 0.1) is 0 Å². The van der Waals surface area contributed by atoms with Crippen LogP contribution in [0.25, 0.3) is 0 Å². The van der Waals surface area contributed by atoms with Crippen molar-refractivity contribution in [1.82, 2.24) is 4.98 Å². The first-order valence-corrected chi connectivity index (χ1v) is 7.41. The standard InChI is InChI=1S/C11H19NS/c1-9(2)10-6-7-12-11(8-10)13(3,4)5/h6-9H,1-5H3. The molecule has 0 amide bonds. The molecule has 0 N–H and O–H groups in total. The lowest BCUT2D eigenvalue weighted by molar-refractivity contribution is 0.852. The zero-order valence-corrected chi connectivity index (χ0v) is 9.98. The highest BCUT2D eigenvalue weighted by Crippen LogP contribution is 2.43. The van der Waals surface area contributed by atoms with E-state index in [0.29, 0.717) is 5.92 Å². The smallest absolute Gasteiger partial charge is 0.0786 e. The molecule has 0 spiro atoms. The van der Waals surface area contributed by atoms with Crippen molar-refractivity contribution in [2.75, 3.05) is 18.8 Å². The minimum atomic E-state index is -0.670. The van der Waals surface area contributed by atoms with Crippen molar-refractivity contribution in [2.45, 2.75) is 24.8 Å². The summed E-state index contributed by atoms with van der Waals surface area (Å²) in [5.41, 5.74) is 1.40. The highest BCUT2D eigenvalue weighted by Gasteiger charge is 2.10. The Morgan fingerprint density at radius 2 is 1.85 bits per heavy atom.